The van der Waals surface area contributed by atoms with Crippen LogP contribution in [0.15, 0.2) is 143 Å². The summed E-state index contributed by atoms with van der Waals surface area (Å²) in [6.45, 7) is 15.2. The predicted molar refractivity (Wildman–Crippen MR) is 393 cm³/mol. The highest BCUT2D eigenvalue weighted by Gasteiger charge is 2.58. The Bertz CT molecular complexity index is 3330. The van der Waals surface area contributed by atoms with Gasteiger partial charge in [0, 0.05) is 31.0 Å². The maximum absolute atomic E-state index is 9.30. The summed E-state index contributed by atoms with van der Waals surface area (Å²) in [5.74, 6) is 0. The van der Waals surface area contributed by atoms with Crippen molar-refractivity contribution in [3.8, 4) is 66.8 Å². The Morgan fingerprint density at radius 3 is 0.688 bits per heavy atom. The van der Waals surface area contributed by atoms with Crippen molar-refractivity contribution in [1.82, 2.24) is 0 Å². The topological polar surface area (TPSA) is 146 Å². The van der Waals surface area contributed by atoms with E-state index >= 15 is 0 Å². The van der Waals surface area contributed by atoms with E-state index in [1.54, 1.807) is 50.1 Å². The molecule has 0 amide bonds. The normalized spacial score (nSPS) is 13.9. The van der Waals surface area contributed by atoms with Crippen molar-refractivity contribution in [3.63, 3.8) is 0 Å². The number of azide groups is 3. The molecular formula is C84H105N9. The molecule has 0 aliphatic heterocycles. The monoisotopic (exact) mass is 1240 g/mol. The number of fused-ring (bicyclic) bond motifs is 12. The fraction of sp³-hybridized carbons (Fsp3) is 0.500. The van der Waals surface area contributed by atoms with Crippen LogP contribution in [0, 0.1) is 0 Å². The molecule has 0 radical (unpaired) electrons. The van der Waals surface area contributed by atoms with Gasteiger partial charge in [-0.25, -0.2) is 0 Å². The Balaban J connectivity index is 1.39. The smallest absolute Gasteiger partial charge is 0.0510 e. The third-order valence-electron chi connectivity index (χ3n) is 21.9. The van der Waals surface area contributed by atoms with Gasteiger partial charge in [-0.3, -0.25) is 0 Å². The van der Waals surface area contributed by atoms with E-state index in [-0.39, 0.29) is 16.2 Å². The molecule has 486 valence electrons. The maximum atomic E-state index is 9.30. The molecule has 0 aromatic heterocycles. The third-order valence-corrected chi connectivity index (χ3v) is 21.9. The molecule has 9 heteroatoms. The molecule has 0 bridgehead atoms. The summed E-state index contributed by atoms with van der Waals surface area (Å²) in [6, 6.07) is 49.9. The predicted octanol–water partition coefficient (Wildman–Crippen LogP) is 27.7. The molecule has 0 N–H and O–H groups in total. The number of hydrogen-bond donors (Lipinski definition) is 0. The molecule has 3 aliphatic rings. The van der Waals surface area contributed by atoms with Crippen LogP contribution in [0.5, 0.6) is 0 Å². The number of unbranched alkanes of at least 4 members (excludes halogenated alkanes) is 18. The van der Waals surface area contributed by atoms with Crippen LogP contribution in [0.1, 0.15) is 284 Å². The minimum Gasteiger partial charge on any atom is -0.0893 e. The van der Waals surface area contributed by atoms with E-state index in [0.717, 1.165) is 55.2 Å². The quantitative estimate of drug-likeness (QED) is 0.0156. The second-order valence-electron chi connectivity index (χ2n) is 27.9. The molecule has 93 heavy (non-hydrogen) atoms. The molecule has 0 spiro atoms. The van der Waals surface area contributed by atoms with Crippen LogP contribution in [0.3, 0.4) is 0 Å². The minimum absolute atomic E-state index is 0.256. The van der Waals surface area contributed by atoms with Gasteiger partial charge >= 0.3 is 0 Å². The molecule has 0 heterocycles. The zero-order valence-corrected chi connectivity index (χ0v) is 57.5. The summed E-state index contributed by atoms with van der Waals surface area (Å²) in [7, 11) is 0. The molecule has 0 atom stereocenters. The minimum atomic E-state index is -0.256. The highest BCUT2D eigenvalue weighted by molar-refractivity contribution is 6.06. The fourth-order valence-electron chi connectivity index (χ4n) is 17.2. The second kappa shape index (κ2) is 33.0. The SMILES string of the molecule is CCCCCCC1(CCCCCC)c2cc(-c3ccc(CN=[N+]=[N-])cc3)ccc2-c2c1c1c(c3c2C(CCCCCC)(CCCCCC)c2cc(-c4ccc(CN=[N+]=[N-])cc4)ccc2-3)C(CCCCCC)(CCCCCC)c2cc(-c3ccc(CN=[N+]=[N-])cc3)ccc2-1. The van der Waals surface area contributed by atoms with Gasteiger partial charge in [0.25, 0.3) is 0 Å². The van der Waals surface area contributed by atoms with E-state index in [4.69, 9.17) is 0 Å². The summed E-state index contributed by atoms with van der Waals surface area (Å²) in [6.07, 6.45) is 35.6. The fourth-order valence-corrected chi connectivity index (χ4v) is 17.2. The van der Waals surface area contributed by atoms with Crippen molar-refractivity contribution >= 4 is 0 Å². The van der Waals surface area contributed by atoms with E-state index < -0.39 is 0 Å². The van der Waals surface area contributed by atoms with Gasteiger partial charge in [-0.1, -0.05) is 320 Å². The lowest BCUT2D eigenvalue weighted by molar-refractivity contribution is 0.389. The molecule has 3 aliphatic carbocycles. The van der Waals surface area contributed by atoms with Crippen LogP contribution < -0.4 is 0 Å². The lowest BCUT2D eigenvalue weighted by atomic mass is 9.63. The first-order valence-electron chi connectivity index (χ1n) is 36.8. The Morgan fingerprint density at radius 1 is 0.269 bits per heavy atom. The Morgan fingerprint density at radius 2 is 0.484 bits per heavy atom. The van der Waals surface area contributed by atoms with Gasteiger partial charge in [-0.05, 0) is 190 Å². The average Bonchev–Trinajstić information content (AvgIpc) is 1.48. The zero-order valence-electron chi connectivity index (χ0n) is 57.5. The van der Waals surface area contributed by atoms with Crippen LogP contribution >= 0.6 is 0 Å². The van der Waals surface area contributed by atoms with Crippen LogP contribution in [0.2, 0.25) is 0 Å². The van der Waals surface area contributed by atoms with Crippen molar-refractivity contribution in [1.29, 1.82) is 0 Å². The van der Waals surface area contributed by atoms with Gasteiger partial charge in [0.2, 0.25) is 0 Å². The van der Waals surface area contributed by atoms with E-state index in [0.29, 0.717) is 19.6 Å². The summed E-state index contributed by atoms with van der Waals surface area (Å²) >= 11 is 0. The van der Waals surface area contributed by atoms with Gasteiger partial charge in [-0.2, -0.15) is 0 Å². The van der Waals surface area contributed by atoms with Gasteiger partial charge in [-0.15, -0.1) is 0 Å². The van der Waals surface area contributed by atoms with Crippen LogP contribution in [-0.2, 0) is 35.9 Å². The lowest BCUT2D eigenvalue weighted by Crippen LogP contribution is -2.31. The Kier molecular flexibility index (Phi) is 24.3. The van der Waals surface area contributed by atoms with Crippen molar-refractivity contribution in [3.05, 3.63) is 209 Å². The summed E-state index contributed by atoms with van der Waals surface area (Å²) < 4.78 is 0. The largest absolute Gasteiger partial charge is 0.0893 e. The molecule has 7 aromatic rings. The molecule has 0 fully saturated rings. The Labute approximate surface area is 557 Å². The van der Waals surface area contributed by atoms with Gasteiger partial charge < -0.3 is 0 Å². The molecule has 0 unspecified atom stereocenters. The molecule has 7 aromatic carbocycles. The average molecular weight is 1240 g/mol. The van der Waals surface area contributed by atoms with Crippen LogP contribution in [-0.4, -0.2) is 0 Å². The van der Waals surface area contributed by atoms with Crippen molar-refractivity contribution < 1.29 is 0 Å². The summed E-state index contributed by atoms with van der Waals surface area (Å²) in [4.78, 5) is 9.32. The maximum Gasteiger partial charge on any atom is 0.0510 e. The molecule has 10 rings (SSSR count). The second-order valence-corrected chi connectivity index (χ2v) is 27.9. The highest BCUT2D eigenvalue weighted by atomic mass is 15.1. The summed E-state index contributed by atoms with van der Waals surface area (Å²) in [5.41, 5.74) is 56.3. The number of rotatable bonds is 39. The molecule has 9 nitrogen and oxygen atoms in total. The number of hydrogen-bond acceptors (Lipinski definition) is 3. The van der Waals surface area contributed by atoms with Crippen LogP contribution in [0.25, 0.3) is 98.1 Å². The first-order chi connectivity index (χ1) is 45.7. The highest BCUT2D eigenvalue weighted by Crippen LogP contribution is 2.72. The summed E-state index contributed by atoms with van der Waals surface area (Å²) in [5, 5.41) is 11.9. The molecule has 0 saturated carbocycles. The van der Waals surface area contributed by atoms with E-state index in [2.05, 4.69) is 199 Å². The number of nitrogens with zero attached hydrogens (tertiary/aromatic N) is 9. The van der Waals surface area contributed by atoms with E-state index in [1.807, 2.05) is 0 Å². The van der Waals surface area contributed by atoms with Crippen molar-refractivity contribution in [2.24, 2.45) is 15.3 Å². The van der Waals surface area contributed by atoms with Crippen molar-refractivity contribution in [2.45, 2.75) is 270 Å². The first-order valence-corrected chi connectivity index (χ1v) is 36.8. The first kappa shape index (κ1) is 68.3. The van der Waals surface area contributed by atoms with E-state index in [1.165, 1.54) is 204 Å². The lowest BCUT2D eigenvalue weighted by Gasteiger charge is -2.40. The van der Waals surface area contributed by atoms with Crippen LogP contribution in [0.4, 0.5) is 0 Å². The Hall–Kier alpha value is -7.53. The standard InChI is InChI=1S/C84H105N9/c1-7-13-19-25-49-82(50-26-20-14-8-2)73-55-67(64-37-31-61(32-38-64)58-88-91-85)43-46-70(73)76-79(82)77-71-47-44-68(65-39-33-62(34-40-65)59-89-92-86)56-74(71)83(51-27-21-15-9-3,52-28-22-16-10-4)81(77)78-72-48-45-69(66-41-35-63(36-42-66)60-90-93-87)57-75(72)84(80(76)78,53-29-23-17-11-5)54-30-24-18-12-6/h31-48,55-57H,7-30,49-54,58-60H2,1-6H3. The van der Waals surface area contributed by atoms with Gasteiger partial charge in [0.1, 0.15) is 0 Å². The van der Waals surface area contributed by atoms with Crippen molar-refractivity contribution in [2.75, 3.05) is 0 Å². The van der Waals surface area contributed by atoms with Gasteiger partial charge in [0.15, 0.2) is 0 Å². The molecular weight excluding hydrogens is 1130 g/mol. The number of benzene rings is 7. The molecule has 0 saturated heterocycles. The van der Waals surface area contributed by atoms with E-state index in [9.17, 15) is 16.6 Å². The zero-order chi connectivity index (χ0) is 65.1. The van der Waals surface area contributed by atoms with Gasteiger partial charge in [0.05, 0.1) is 19.6 Å². The third kappa shape index (κ3) is 14.4.